The van der Waals surface area contributed by atoms with Crippen molar-refractivity contribution in [1.29, 1.82) is 0 Å². The Balaban J connectivity index is 1.70. The van der Waals surface area contributed by atoms with Crippen LogP contribution in [0.25, 0.3) is 11.0 Å². The van der Waals surface area contributed by atoms with Crippen molar-refractivity contribution < 1.29 is 21.9 Å². The van der Waals surface area contributed by atoms with Gasteiger partial charge in [0.1, 0.15) is 16.9 Å². The molecule has 0 fully saturated rings. The van der Waals surface area contributed by atoms with Crippen LogP contribution in [0.2, 0.25) is 5.02 Å². The van der Waals surface area contributed by atoms with Crippen molar-refractivity contribution in [1.82, 2.24) is 19.7 Å². The number of benzene rings is 1. The van der Waals surface area contributed by atoms with E-state index >= 15 is 4.39 Å². The molecule has 0 radical (unpaired) electrons. The predicted molar refractivity (Wildman–Crippen MR) is 117 cm³/mol. The fourth-order valence-electron chi connectivity index (χ4n) is 2.92. The van der Waals surface area contributed by atoms with Crippen molar-refractivity contribution >= 4 is 38.3 Å². The number of pyridine rings is 2. The minimum Gasteiger partial charge on any atom is -0.480 e. The van der Waals surface area contributed by atoms with Gasteiger partial charge in [-0.2, -0.15) is 5.10 Å². The van der Waals surface area contributed by atoms with E-state index in [1.807, 2.05) is 0 Å². The van der Waals surface area contributed by atoms with Gasteiger partial charge in [-0.05, 0) is 24.3 Å². The summed E-state index contributed by atoms with van der Waals surface area (Å²) < 4.78 is 63.5. The predicted octanol–water partition coefficient (Wildman–Crippen LogP) is 3.50. The Morgan fingerprint density at radius 1 is 1.12 bits per heavy atom. The SMILES string of the molecule is COc1ncc(Cl)cc1S(=O)(=O)Nc1ccc(F)c(C#Cc2cnc3cn(C)nc3c2)c1F. The van der Waals surface area contributed by atoms with E-state index in [4.69, 9.17) is 16.3 Å². The quantitative estimate of drug-likeness (QED) is 0.440. The highest BCUT2D eigenvalue weighted by Gasteiger charge is 2.24. The van der Waals surface area contributed by atoms with Gasteiger partial charge in [-0.15, -0.1) is 0 Å². The summed E-state index contributed by atoms with van der Waals surface area (Å²) in [6.07, 6.45) is 4.35. The molecule has 168 valence electrons. The molecule has 0 atom stereocenters. The maximum Gasteiger partial charge on any atom is 0.267 e. The van der Waals surface area contributed by atoms with Crippen LogP contribution in [0.4, 0.5) is 14.5 Å². The number of sulfonamides is 1. The van der Waals surface area contributed by atoms with Crippen LogP contribution in [0.3, 0.4) is 0 Å². The molecule has 8 nitrogen and oxygen atoms in total. The van der Waals surface area contributed by atoms with E-state index in [1.165, 1.54) is 19.5 Å². The van der Waals surface area contributed by atoms with Crippen molar-refractivity contribution in [2.45, 2.75) is 4.90 Å². The number of rotatable bonds is 4. The van der Waals surface area contributed by atoms with Crippen LogP contribution >= 0.6 is 11.6 Å². The first-order valence-electron chi connectivity index (χ1n) is 9.19. The molecule has 0 saturated carbocycles. The van der Waals surface area contributed by atoms with E-state index in [0.717, 1.165) is 18.2 Å². The van der Waals surface area contributed by atoms with Crippen LogP contribution in [0, 0.1) is 23.5 Å². The highest BCUT2D eigenvalue weighted by atomic mass is 35.5. The normalized spacial score (nSPS) is 11.2. The topological polar surface area (TPSA) is 99.0 Å². The van der Waals surface area contributed by atoms with Crippen LogP contribution in [0.15, 0.2) is 47.8 Å². The van der Waals surface area contributed by atoms with E-state index in [-0.39, 0.29) is 10.9 Å². The van der Waals surface area contributed by atoms with Gasteiger partial charge in [0, 0.05) is 25.0 Å². The van der Waals surface area contributed by atoms with Gasteiger partial charge in [0.2, 0.25) is 5.88 Å². The fourth-order valence-corrected chi connectivity index (χ4v) is 4.35. The van der Waals surface area contributed by atoms with Crippen molar-refractivity contribution in [3.8, 4) is 17.7 Å². The molecular formula is C21H14ClF2N5O3S. The number of ether oxygens (including phenoxy) is 1. The Kier molecular flexibility index (Phi) is 5.88. The maximum absolute atomic E-state index is 15.0. The number of nitrogens with zero attached hydrogens (tertiary/aromatic N) is 4. The molecule has 33 heavy (non-hydrogen) atoms. The van der Waals surface area contributed by atoms with Gasteiger partial charge in [0.25, 0.3) is 10.0 Å². The zero-order valence-electron chi connectivity index (χ0n) is 17.1. The summed E-state index contributed by atoms with van der Waals surface area (Å²) in [5.41, 5.74) is 0.452. The number of anilines is 1. The molecular weight excluding hydrogens is 476 g/mol. The first kappa shape index (κ1) is 22.4. The number of nitrogens with one attached hydrogen (secondary N) is 1. The van der Waals surface area contributed by atoms with Crippen molar-refractivity contribution in [3.05, 3.63) is 70.6 Å². The molecule has 0 aliphatic rings. The fraction of sp³-hybridized carbons (Fsp3) is 0.0952. The zero-order chi connectivity index (χ0) is 23.8. The number of halogens is 3. The molecule has 1 aromatic carbocycles. The molecule has 12 heteroatoms. The van der Waals surface area contributed by atoms with E-state index in [1.54, 1.807) is 24.0 Å². The number of aryl methyl sites for hydroxylation is 1. The Morgan fingerprint density at radius 2 is 1.91 bits per heavy atom. The molecule has 0 unspecified atom stereocenters. The van der Waals surface area contributed by atoms with Gasteiger partial charge >= 0.3 is 0 Å². The second-order valence-electron chi connectivity index (χ2n) is 6.73. The van der Waals surface area contributed by atoms with Crippen LogP contribution in [0.5, 0.6) is 5.88 Å². The zero-order valence-corrected chi connectivity index (χ0v) is 18.7. The van der Waals surface area contributed by atoms with Crippen LogP contribution in [0.1, 0.15) is 11.1 Å². The average molecular weight is 490 g/mol. The van der Waals surface area contributed by atoms with E-state index in [0.29, 0.717) is 16.6 Å². The third-order valence-electron chi connectivity index (χ3n) is 4.41. The van der Waals surface area contributed by atoms with Crippen LogP contribution in [-0.2, 0) is 17.1 Å². The molecule has 0 amide bonds. The minimum atomic E-state index is -4.37. The van der Waals surface area contributed by atoms with Crippen molar-refractivity contribution in [3.63, 3.8) is 0 Å². The summed E-state index contributed by atoms with van der Waals surface area (Å²) in [4.78, 5) is 7.56. The van der Waals surface area contributed by atoms with Gasteiger partial charge in [-0.3, -0.25) is 14.4 Å². The lowest BCUT2D eigenvalue weighted by Gasteiger charge is -2.12. The third kappa shape index (κ3) is 4.57. The standard InChI is InChI=1S/C21H14ClF2N5O3S/c1-29-11-18-17(27-29)7-12(9-25-18)3-4-14-15(23)5-6-16(20(14)24)28-33(30,31)19-8-13(22)10-26-21(19)32-2/h5-11,28H,1-2H3. The number of fused-ring (bicyclic) bond motifs is 1. The van der Waals surface area contributed by atoms with E-state index in [9.17, 15) is 12.8 Å². The largest absolute Gasteiger partial charge is 0.480 e. The summed E-state index contributed by atoms with van der Waals surface area (Å²) >= 11 is 5.83. The third-order valence-corrected chi connectivity index (χ3v) is 5.97. The van der Waals surface area contributed by atoms with Crippen molar-refractivity contribution in [2.24, 2.45) is 7.05 Å². The monoisotopic (exact) mass is 489 g/mol. The van der Waals surface area contributed by atoms with Gasteiger partial charge in [-0.25, -0.2) is 22.2 Å². The van der Waals surface area contributed by atoms with Gasteiger partial charge in [-0.1, -0.05) is 23.4 Å². The van der Waals surface area contributed by atoms with Gasteiger partial charge < -0.3 is 4.74 Å². The Hall–Kier alpha value is -3.75. The average Bonchev–Trinajstić information content (AvgIpc) is 3.15. The van der Waals surface area contributed by atoms with E-state index < -0.39 is 37.8 Å². The molecule has 3 aromatic heterocycles. The Morgan fingerprint density at radius 3 is 2.67 bits per heavy atom. The molecule has 3 heterocycles. The molecule has 0 bridgehead atoms. The highest BCUT2D eigenvalue weighted by Crippen LogP contribution is 2.28. The molecule has 1 N–H and O–H groups in total. The molecule has 0 saturated heterocycles. The first-order valence-corrected chi connectivity index (χ1v) is 11.1. The molecule has 0 aliphatic heterocycles. The Bertz CT molecular complexity index is 1560. The van der Waals surface area contributed by atoms with Crippen LogP contribution in [-0.4, -0.2) is 35.3 Å². The highest BCUT2D eigenvalue weighted by molar-refractivity contribution is 7.92. The lowest BCUT2D eigenvalue weighted by molar-refractivity contribution is 0.385. The maximum atomic E-state index is 15.0. The second kappa shape index (κ2) is 8.65. The molecule has 0 spiro atoms. The number of hydrogen-bond acceptors (Lipinski definition) is 6. The van der Waals surface area contributed by atoms with E-state index in [2.05, 4.69) is 31.6 Å². The number of aromatic nitrogens is 4. The lowest BCUT2D eigenvalue weighted by Crippen LogP contribution is -2.16. The lowest BCUT2D eigenvalue weighted by atomic mass is 10.1. The second-order valence-corrected chi connectivity index (χ2v) is 8.82. The Labute approximate surface area is 192 Å². The number of hydrogen-bond donors (Lipinski definition) is 1. The summed E-state index contributed by atoms with van der Waals surface area (Å²) in [6.45, 7) is 0. The summed E-state index contributed by atoms with van der Waals surface area (Å²) in [7, 11) is -1.42. The molecule has 4 aromatic rings. The number of methoxy groups -OCH3 is 1. The van der Waals surface area contributed by atoms with Gasteiger partial charge in [0.05, 0.1) is 29.6 Å². The first-order chi connectivity index (χ1) is 15.7. The summed E-state index contributed by atoms with van der Waals surface area (Å²) in [5.74, 6) is 2.63. The van der Waals surface area contributed by atoms with Crippen LogP contribution < -0.4 is 9.46 Å². The van der Waals surface area contributed by atoms with Gasteiger partial charge in [0.15, 0.2) is 10.7 Å². The smallest absolute Gasteiger partial charge is 0.267 e. The molecule has 0 aliphatic carbocycles. The molecule has 4 rings (SSSR count). The summed E-state index contributed by atoms with van der Waals surface area (Å²) in [5, 5.41) is 4.23. The van der Waals surface area contributed by atoms with Crippen molar-refractivity contribution in [2.75, 3.05) is 11.8 Å². The summed E-state index contributed by atoms with van der Waals surface area (Å²) in [6, 6.07) is 4.56. The minimum absolute atomic E-state index is 0.0285.